The Morgan fingerprint density at radius 2 is 1.53 bits per heavy atom. The van der Waals surface area contributed by atoms with Gasteiger partial charge in [-0.25, -0.2) is 0 Å². The molecule has 0 aromatic heterocycles. The SMILES string of the molecule is CCN(CC)CCCN(CC)CC(N)CCO. The molecule has 0 heterocycles. The van der Waals surface area contributed by atoms with E-state index in [1.807, 2.05) is 0 Å². The second-order valence-corrected chi connectivity index (χ2v) is 4.55. The Labute approximate surface area is 107 Å². The van der Waals surface area contributed by atoms with Gasteiger partial charge in [0.2, 0.25) is 0 Å². The van der Waals surface area contributed by atoms with Crippen LogP contribution in [0.1, 0.15) is 33.6 Å². The first-order valence-corrected chi connectivity index (χ1v) is 6.98. The van der Waals surface area contributed by atoms with Gasteiger partial charge in [-0.05, 0) is 45.6 Å². The third-order valence-electron chi connectivity index (χ3n) is 3.28. The Morgan fingerprint density at radius 1 is 1.00 bits per heavy atom. The van der Waals surface area contributed by atoms with Gasteiger partial charge in [0.25, 0.3) is 0 Å². The smallest absolute Gasteiger partial charge is 0.0446 e. The summed E-state index contributed by atoms with van der Waals surface area (Å²) in [5.41, 5.74) is 5.93. The number of aliphatic hydroxyl groups is 1. The summed E-state index contributed by atoms with van der Waals surface area (Å²) in [5.74, 6) is 0. The molecule has 0 spiro atoms. The molecule has 0 saturated carbocycles. The fourth-order valence-corrected chi connectivity index (χ4v) is 2.03. The van der Waals surface area contributed by atoms with Crippen molar-refractivity contribution in [3.05, 3.63) is 0 Å². The highest BCUT2D eigenvalue weighted by Crippen LogP contribution is 1.98. The summed E-state index contributed by atoms with van der Waals surface area (Å²) in [7, 11) is 0. The zero-order valence-corrected chi connectivity index (χ0v) is 11.9. The van der Waals surface area contributed by atoms with Crippen molar-refractivity contribution in [2.75, 3.05) is 45.9 Å². The summed E-state index contributed by atoms with van der Waals surface area (Å²) in [4.78, 5) is 4.82. The van der Waals surface area contributed by atoms with Crippen LogP contribution >= 0.6 is 0 Å². The molecular weight excluding hydrogens is 214 g/mol. The second-order valence-electron chi connectivity index (χ2n) is 4.55. The molecule has 0 aliphatic rings. The fourth-order valence-electron chi connectivity index (χ4n) is 2.03. The predicted octanol–water partition coefficient (Wildman–Crippen LogP) is 0.750. The van der Waals surface area contributed by atoms with Crippen molar-refractivity contribution in [2.24, 2.45) is 5.73 Å². The summed E-state index contributed by atoms with van der Waals surface area (Å²) in [6.45, 7) is 13.2. The lowest BCUT2D eigenvalue weighted by molar-refractivity contribution is 0.215. The Hall–Kier alpha value is -0.160. The molecular formula is C13H31N3O. The molecule has 1 unspecified atom stereocenters. The zero-order valence-electron chi connectivity index (χ0n) is 11.9. The second kappa shape index (κ2) is 11.0. The number of hydrogen-bond acceptors (Lipinski definition) is 4. The van der Waals surface area contributed by atoms with E-state index >= 15 is 0 Å². The third kappa shape index (κ3) is 8.55. The summed E-state index contributed by atoms with van der Waals surface area (Å²) in [6.07, 6.45) is 1.90. The highest BCUT2D eigenvalue weighted by molar-refractivity contribution is 4.68. The Bertz CT molecular complexity index is 163. The molecule has 1 atom stereocenters. The van der Waals surface area contributed by atoms with Gasteiger partial charge in [0.15, 0.2) is 0 Å². The predicted molar refractivity (Wildman–Crippen MR) is 74.2 cm³/mol. The van der Waals surface area contributed by atoms with Gasteiger partial charge >= 0.3 is 0 Å². The fraction of sp³-hybridized carbons (Fsp3) is 1.00. The van der Waals surface area contributed by atoms with Crippen LogP contribution in [0.15, 0.2) is 0 Å². The van der Waals surface area contributed by atoms with Crippen LogP contribution in [0, 0.1) is 0 Å². The molecule has 0 rings (SSSR count). The number of aliphatic hydroxyl groups excluding tert-OH is 1. The topological polar surface area (TPSA) is 52.7 Å². The van der Waals surface area contributed by atoms with Gasteiger partial charge < -0.3 is 20.6 Å². The van der Waals surface area contributed by atoms with E-state index in [2.05, 4.69) is 30.6 Å². The van der Waals surface area contributed by atoms with Crippen LogP contribution in [0.5, 0.6) is 0 Å². The van der Waals surface area contributed by atoms with Gasteiger partial charge in [0, 0.05) is 19.2 Å². The minimum atomic E-state index is 0.105. The van der Waals surface area contributed by atoms with E-state index in [1.54, 1.807) is 0 Å². The largest absolute Gasteiger partial charge is 0.396 e. The number of rotatable bonds is 11. The van der Waals surface area contributed by atoms with Gasteiger partial charge in [-0.2, -0.15) is 0 Å². The first kappa shape index (κ1) is 16.8. The third-order valence-corrected chi connectivity index (χ3v) is 3.28. The van der Waals surface area contributed by atoms with E-state index in [0.29, 0.717) is 6.42 Å². The van der Waals surface area contributed by atoms with Crippen LogP contribution in [-0.4, -0.2) is 66.8 Å². The number of likely N-dealkylation sites (N-methyl/N-ethyl adjacent to an activating group) is 1. The zero-order chi connectivity index (χ0) is 13.1. The van der Waals surface area contributed by atoms with Crippen molar-refractivity contribution in [3.63, 3.8) is 0 Å². The van der Waals surface area contributed by atoms with Crippen LogP contribution in [0.25, 0.3) is 0 Å². The average Bonchev–Trinajstić information content (AvgIpc) is 2.33. The minimum Gasteiger partial charge on any atom is -0.396 e. The molecule has 4 nitrogen and oxygen atoms in total. The summed E-state index contributed by atoms with van der Waals surface area (Å²) >= 11 is 0. The lowest BCUT2D eigenvalue weighted by atomic mass is 10.2. The summed E-state index contributed by atoms with van der Waals surface area (Å²) in [5, 5.41) is 8.83. The van der Waals surface area contributed by atoms with Crippen LogP contribution in [0.3, 0.4) is 0 Å². The molecule has 0 amide bonds. The highest BCUT2D eigenvalue weighted by Gasteiger charge is 2.09. The van der Waals surface area contributed by atoms with Crippen LogP contribution in [0.2, 0.25) is 0 Å². The van der Waals surface area contributed by atoms with Crippen LogP contribution < -0.4 is 5.73 Å². The van der Waals surface area contributed by atoms with Crippen LogP contribution in [0.4, 0.5) is 0 Å². The van der Waals surface area contributed by atoms with E-state index in [1.165, 1.54) is 13.0 Å². The standard InChI is InChI=1S/C13H31N3O/c1-4-15(5-2)9-7-10-16(6-3)12-13(14)8-11-17/h13,17H,4-12,14H2,1-3H3. The number of nitrogens with zero attached hydrogens (tertiary/aromatic N) is 2. The van der Waals surface area contributed by atoms with Crippen molar-refractivity contribution in [1.82, 2.24) is 9.80 Å². The van der Waals surface area contributed by atoms with E-state index in [4.69, 9.17) is 10.8 Å². The molecule has 104 valence electrons. The Balaban J connectivity index is 3.73. The van der Waals surface area contributed by atoms with Crippen LogP contribution in [-0.2, 0) is 0 Å². The maximum absolute atomic E-state index is 8.83. The summed E-state index contributed by atoms with van der Waals surface area (Å²) < 4.78 is 0. The van der Waals surface area contributed by atoms with Crippen molar-refractivity contribution < 1.29 is 5.11 Å². The number of nitrogens with two attached hydrogens (primary N) is 1. The first-order chi connectivity index (χ1) is 8.17. The molecule has 0 aromatic carbocycles. The van der Waals surface area contributed by atoms with E-state index in [9.17, 15) is 0 Å². The maximum atomic E-state index is 8.83. The quantitative estimate of drug-likeness (QED) is 0.564. The molecule has 0 aromatic rings. The molecule has 0 aliphatic heterocycles. The molecule has 0 fully saturated rings. The molecule has 0 bridgehead atoms. The molecule has 0 aliphatic carbocycles. The minimum absolute atomic E-state index is 0.105. The van der Waals surface area contributed by atoms with Gasteiger partial charge in [-0.1, -0.05) is 20.8 Å². The molecule has 3 N–H and O–H groups in total. The average molecular weight is 245 g/mol. The Kier molecular flexibility index (Phi) is 10.9. The van der Waals surface area contributed by atoms with Gasteiger partial charge in [-0.3, -0.25) is 0 Å². The molecule has 0 radical (unpaired) electrons. The molecule has 17 heavy (non-hydrogen) atoms. The molecule has 4 heteroatoms. The lowest BCUT2D eigenvalue weighted by Crippen LogP contribution is -2.39. The Morgan fingerprint density at radius 3 is 2.00 bits per heavy atom. The monoisotopic (exact) mass is 245 g/mol. The van der Waals surface area contributed by atoms with Crippen molar-refractivity contribution >= 4 is 0 Å². The molecule has 0 saturated heterocycles. The van der Waals surface area contributed by atoms with E-state index in [-0.39, 0.29) is 12.6 Å². The lowest BCUT2D eigenvalue weighted by Gasteiger charge is -2.25. The van der Waals surface area contributed by atoms with Gasteiger partial charge in [0.05, 0.1) is 0 Å². The maximum Gasteiger partial charge on any atom is 0.0446 e. The van der Waals surface area contributed by atoms with Crippen molar-refractivity contribution in [1.29, 1.82) is 0 Å². The highest BCUT2D eigenvalue weighted by atomic mass is 16.3. The van der Waals surface area contributed by atoms with Crippen molar-refractivity contribution in [3.8, 4) is 0 Å². The number of hydrogen-bond donors (Lipinski definition) is 2. The van der Waals surface area contributed by atoms with E-state index in [0.717, 1.165) is 32.7 Å². The van der Waals surface area contributed by atoms with E-state index < -0.39 is 0 Å². The summed E-state index contributed by atoms with van der Waals surface area (Å²) in [6, 6.07) is 0.105. The first-order valence-electron chi connectivity index (χ1n) is 6.98. The van der Waals surface area contributed by atoms with Gasteiger partial charge in [-0.15, -0.1) is 0 Å². The normalized spacial score (nSPS) is 13.6. The van der Waals surface area contributed by atoms with Gasteiger partial charge in [0.1, 0.15) is 0 Å². The van der Waals surface area contributed by atoms with Crippen molar-refractivity contribution in [2.45, 2.75) is 39.7 Å².